The lowest BCUT2D eigenvalue weighted by Crippen LogP contribution is -2.16. The van der Waals surface area contributed by atoms with Gasteiger partial charge in [-0.2, -0.15) is 0 Å². The van der Waals surface area contributed by atoms with Crippen molar-refractivity contribution >= 4 is 17.1 Å². The summed E-state index contributed by atoms with van der Waals surface area (Å²) in [6.45, 7) is 2.00. The van der Waals surface area contributed by atoms with Crippen molar-refractivity contribution in [3.8, 4) is 0 Å². The topological polar surface area (TPSA) is 15.3 Å². The minimum Gasteiger partial charge on any atom is -0.385 e. The summed E-state index contributed by atoms with van der Waals surface area (Å²) >= 11 is 0. The van der Waals surface area contributed by atoms with E-state index in [1.54, 1.807) is 12.1 Å². The van der Waals surface area contributed by atoms with Crippen LogP contribution in [0.1, 0.15) is 17.5 Å². The highest BCUT2D eigenvalue weighted by Gasteiger charge is 2.22. The average Bonchev–Trinajstić information content (AvgIpc) is 2.89. The molecule has 0 atom stereocenters. The first-order valence-electron chi connectivity index (χ1n) is 7.24. The Morgan fingerprint density at radius 1 is 1.00 bits per heavy atom. The Morgan fingerprint density at radius 2 is 1.95 bits per heavy atom. The fourth-order valence-electron chi connectivity index (χ4n) is 3.25. The van der Waals surface area contributed by atoms with Gasteiger partial charge in [-0.05, 0) is 60.7 Å². The van der Waals surface area contributed by atoms with Gasteiger partial charge in [-0.25, -0.2) is 4.39 Å². The van der Waals surface area contributed by atoms with Crippen LogP contribution in [0.2, 0.25) is 0 Å². The molecule has 2 aromatic carbocycles. The molecule has 0 amide bonds. The number of fused-ring (bicyclic) bond motifs is 2. The van der Waals surface area contributed by atoms with E-state index in [0.717, 1.165) is 31.6 Å². The van der Waals surface area contributed by atoms with Gasteiger partial charge in [0.25, 0.3) is 0 Å². The molecule has 3 heteroatoms. The summed E-state index contributed by atoms with van der Waals surface area (Å²) in [4.78, 5) is 2.23. The van der Waals surface area contributed by atoms with E-state index in [-0.39, 0.29) is 5.82 Å². The van der Waals surface area contributed by atoms with Crippen LogP contribution >= 0.6 is 0 Å². The van der Waals surface area contributed by atoms with Gasteiger partial charge in [-0.15, -0.1) is 0 Å². The van der Waals surface area contributed by atoms with Gasteiger partial charge in [-0.1, -0.05) is 6.07 Å². The fourth-order valence-corrected chi connectivity index (χ4v) is 3.25. The van der Waals surface area contributed by atoms with E-state index in [9.17, 15) is 4.39 Å². The molecule has 0 fully saturated rings. The van der Waals surface area contributed by atoms with Gasteiger partial charge < -0.3 is 10.2 Å². The number of rotatable bonds is 1. The molecule has 0 saturated carbocycles. The van der Waals surface area contributed by atoms with Crippen molar-refractivity contribution < 1.29 is 4.39 Å². The first kappa shape index (κ1) is 11.8. The standard InChI is InChI=1S/C17H17FN2/c18-14-4-3-12-7-9-20(17(12)11-14)15-5-6-16-13(10-15)2-1-8-19-16/h3-6,10-11,19H,1-2,7-9H2. The molecule has 1 N–H and O–H groups in total. The van der Waals surface area contributed by atoms with Crippen LogP contribution < -0.4 is 10.2 Å². The van der Waals surface area contributed by atoms with Crippen LogP contribution in [0.5, 0.6) is 0 Å². The second-order valence-electron chi connectivity index (χ2n) is 5.55. The first-order valence-corrected chi connectivity index (χ1v) is 7.24. The van der Waals surface area contributed by atoms with Crippen LogP contribution in [-0.4, -0.2) is 13.1 Å². The maximum atomic E-state index is 13.5. The predicted molar refractivity (Wildman–Crippen MR) is 80.4 cm³/mol. The molecule has 0 spiro atoms. The molecular formula is C17H17FN2. The lowest BCUT2D eigenvalue weighted by atomic mass is 10.0. The van der Waals surface area contributed by atoms with Gasteiger partial charge >= 0.3 is 0 Å². The average molecular weight is 268 g/mol. The highest BCUT2D eigenvalue weighted by molar-refractivity contribution is 5.72. The summed E-state index contributed by atoms with van der Waals surface area (Å²) in [5.41, 5.74) is 6.06. The maximum Gasteiger partial charge on any atom is 0.125 e. The maximum absolute atomic E-state index is 13.5. The Hall–Kier alpha value is -2.03. The number of aryl methyl sites for hydroxylation is 1. The molecule has 20 heavy (non-hydrogen) atoms. The Morgan fingerprint density at radius 3 is 2.90 bits per heavy atom. The molecule has 4 rings (SSSR count). The van der Waals surface area contributed by atoms with Gasteiger partial charge in [0, 0.05) is 30.2 Å². The molecule has 0 bridgehead atoms. The van der Waals surface area contributed by atoms with Crippen LogP contribution in [0.4, 0.5) is 21.5 Å². The number of nitrogens with zero attached hydrogens (tertiary/aromatic N) is 1. The van der Waals surface area contributed by atoms with Crippen LogP contribution in [0, 0.1) is 5.82 Å². The van der Waals surface area contributed by atoms with E-state index >= 15 is 0 Å². The zero-order chi connectivity index (χ0) is 13.5. The van der Waals surface area contributed by atoms with Gasteiger partial charge in [0.15, 0.2) is 0 Å². The van der Waals surface area contributed by atoms with E-state index < -0.39 is 0 Å². The fraction of sp³-hybridized carbons (Fsp3) is 0.294. The van der Waals surface area contributed by atoms with Crippen LogP contribution in [0.25, 0.3) is 0 Å². The molecule has 2 aromatic rings. The zero-order valence-corrected chi connectivity index (χ0v) is 11.3. The molecular weight excluding hydrogens is 251 g/mol. The lowest BCUT2D eigenvalue weighted by Gasteiger charge is -2.24. The molecule has 0 saturated heterocycles. The van der Waals surface area contributed by atoms with Crippen molar-refractivity contribution in [1.82, 2.24) is 0 Å². The predicted octanol–water partition coefficient (Wildman–Crippen LogP) is 3.88. The molecule has 0 aromatic heterocycles. The minimum absolute atomic E-state index is 0.157. The molecule has 2 aliphatic heterocycles. The van der Waals surface area contributed by atoms with Crippen LogP contribution in [-0.2, 0) is 12.8 Å². The van der Waals surface area contributed by atoms with E-state index in [1.165, 1.54) is 28.9 Å². The summed E-state index contributed by atoms with van der Waals surface area (Å²) in [6.07, 6.45) is 3.30. The number of hydrogen-bond acceptors (Lipinski definition) is 2. The Balaban J connectivity index is 1.74. The largest absolute Gasteiger partial charge is 0.385 e. The number of benzene rings is 2. The van der Waals surface area contributed by atoms with Crippen LogP contribution in [0.3, 0.4) is 0 Å². The number of hydrogen-bond donors (Lipinski definition) is 1. The normalized spacial score (nSPS) is 16.6. The van der Waals surface area contributed by atoms with E-state index in [1.807, 2.05) is 6.07 Å². The highest BCUT2D eigenvalue weighted by Crippen LogP contribution is 2.37. The van der Waals surface area contributed by atoms with Gasteiger partial charge in [-0.3, -0.25) is 0 Å². The summed E-state index contributed by atoms with van der Waals surface area (Å²) in [5, 5.41) is 3.43. The Labute approximate surface area is 118 Å². The van der Waals surface area contributed by atoms with Gasteiger partial charge in [0.2, 0.25) is 0 Å². The van der Waals surface area contributed by atoms with Crippen molar-refractivity contribution in [2.45, 2.75) is 19.3 Å². The molecule has 2 nitrogen and oxygen atoms in total. The molecule has 0 radical (unpaired) electrons. The Bertz CT molecular complexity index is 666. The Kier molecular flexibility index (Phi) is 2.66. The monoisotopic (exact) mass is 268 g/mol. The molecule has 0 unspecified atom stereocenters. The molecule has 2 heterocycles. The third kappa shape index (κ3) is 1.85. The smallest absolute Gasteiger partial charge is 0.125 e. The summed E-state index contributed by atoms with van der Waals surface area (Å²) < 4.78 is 13.5. The number of nitrogens with one attached hydrogen (secondary N) is 1. The molecule has 2 aliphatic rings. The summed E-state index contributed by atoms with van der Waals surface area (Å²) in [5.74, 6) is -0.157. The summed E-state index contributed by atoms with van der Waals surface area (Å²) in [6, 6.07) is 11.7. The van der Waals surface area contributed by atoms with Gasteiger partial charge in [0.1, 0.15) is 5.82 Å². The third-order valence-electron chi connectivity index (χ3n) is 4.28. The van der Waals surface area contributed by atoms with Crippen molar-refractivity contribution in [3.63, 3.8) is 0 Å². The van der Waals surface area contributed by atoms with Crippen molar-refractivity contribution in [2.24, 2.45) is 0 Å². The minimum atomic E-state index is -0.157. The highest BCUT2D eigenvalue weighted by atomic mass is 19.1. The second-order valence-corrected chi connectivity index (χ2v) is 5.55. The van der Waals surface area contributed by atoms with E-state index in [2.05, 4.69) is 28.4 Å². The summed E-state index contributed by atoms with van der Waals surface area (Å²) in [7, 11) is 0. The quantitative estimate of drug-likeness (QED) is 0.844. The van der Waals surface area contributed by atoms with Crippen molar-refractivity contribution in [1.29, 1.82) is 0 Å². The van der Waals surface area contributed by atoms with Gasteiger partial charge in [0.05, 0.1) is 0 Å². The first-order chi connectivity index (χ1) is 9.81. The molecule has 0 aliphatic carbocycles. The lowest BCUT2D eigenvalue weighted by molar-refractivity contribution is 0.628. The van der Waals surface area contributed by atoms with Crippen molar-refractivity contribution in [3.05, 3.63) is 53.3 Å². The van der Waals surface area contributed by atoms with E-state index in [0.29, 0.717) is 0 Å². The zero-order valence-electron chi connectivity index (χ0n) is 11.3. The van der Waals surface area contributed by atoms with E-state index in [4.69, 9.17) is 0 Å². The molecule has 102 valence electrons. The number of anilines is 3. The van der Waals surface area contributed by atoms with Crippen molar-refractivity contribution in [2.75, 3.05) is 23.3 Å². The SMILES string of the molecule is Fc1ccc2c(c1)N(c1ccc3c(c1)CCCN3)CC2. The second kappa shape index (κ2) is 4.51. The number of halogens is 1. The van der Waals surface area contributed by atoms with Crippen LogP contribution in [0.15, 0.2) is 36.4 Å². The third-order valence-corrected chi connectivity index (χ3v) is 4.28.